The van der Waals surface area contributed by atoms with Crippen LogP contribution in [0.2, 0.25) is 0 Å². The van der Waals surface area contributed by atoms with Crippen molar-refractivity contribution in [2.45, 2.75) is 31.5 Å². The lowest BCUT2D eigenvalue weighted by Crippen LogP contribution is -2.40. The Morgan fingerprint density at radius 3 is 2.48 bits per heavy atom. The number of hydrogen-bond donors (Lipinski definition) is 1. The van der Waals surface area contributed by atoms with E-state index in [1.54, 1.807) is 0 Å². The van der Waals surface area contributed by atoms with Gasteiger partial charge in [-0.15, -0.1) is 0 Å². The topological polar surface area (TPSA) is 55.4 Å². The van der Waals surface area contributed by atoms with Gasteiger partial charge in [0.25, 0.3) is 5.91 Å². The van der Waals surface area contributed by atoms with E-state index in [0.29, 0.717) is 12.8 Å². The van der Waals surface area contributed by atoms with Crippen molar-refractivity contribution < 1.29 is 27.5 Å². The van der Waals surface area contributed by atoms with Gasteiger partial charge in [0.15, 0.2) is 12.4 Å². The molecule has 0 heterocycles. The van der Waals surface area contributed by atoms with Crippen molar-refractivity contribution in [3.05, 3.63) is 29.8 Å². The molecule has 1 fully saturated rings. The Kier molecular flexibility index (Phi) is 4.50. The summed E-state index contributed by atoms with van der Waals surface area (Å²) in [7, 11) is 0. The molecule has 1 N–H and O–H groups in total. The zero-order valence-corrected chi connectivity index (χ0v) is 11.1. The van der Waals surface area contributed by atoms with Crippen LogP contribution in [-0.2, 0) is 15.8 Å². The predicted molar refractivity (Wildman–Crippen MR) is 67.7 cm³/mol. The van der Waals surface area contributed by atoms with Crippen molar-refractivity contribution in [3.8, 4) is 5.75 Å². The number of halogens is 3. The minimum atomic E-state index is -4.40. The van der Waals surface area contributed by atoms with Gasteiger partial charge in [0, 0.05) is 6.42 Å². The highest BCUT2D eigenvalue weighted by Gasteiger charge is 2.30. The van der Waals surface area contributed by atoms with E-state index in [-0.39, 0.29) is 18.1 Å². The van der Waals surface area contributed by atoms with E-state index in [2.05, 4.69) is 5.32 Å². The first-order valence-electron chi connectivity index (χ1n) is 6.48. The van der Waals surface area contributed by atoms with Crippen LogP contribution in [-0.4, -0.2) is 24.3 Å². The van der Waals surface area contributed by atoms with Crippen LogP contribution in [0.15, 0.2) is 24.3 Å². The molecule has 0 aliphatic heterocycles. The fraction of sp³-hybridized carbons (Fsp3) is 0.429. The van der Waals surface area contributed by atoms with Crippen LogP contribution >= 0.6 is 0 Å². The molecule has 0 unspecified atom stereocenters. The summed E-state index contributed by atoms with van der Waals surface area (Å²) in [6.07, 6.45) is -2.57. The smallest absolute Gasteiger partial charge is 0.416 e. The van der Waals surface area contributed by atoms with Crippen molar-refractivity contribution in [1.82, 2.24) is 5.32 Å². The van der Waals surface area contributed by atoms with Crippen LogP contribution in [0.1, 0.15) is 24.8 Å². The van der Waals surface area contributed by atoms with Crippen LogP contribution in [0.3, 0.4) is 0 Å². The fourth-order valence-corrected chi connectivity index (χ4v) is 2.09. The molecule has 21 heavy (non-hydrogen) atoms. The average Bonchev–Trinajstić information content (AvgIpc) is 2.81. The van der Waals surface area contributed by atoms with E-state index in [9.17, 15) is 22.8 Å². The first kappa shape index (κ1) is 15.3. The third kappa shape index (κ3) is 4.21. The molecule has 1 atom stereocenters. The van der Waals surface area contributed by atoms with Crippen molar-refractivity contribution in [2.24, 2.45) is 0 Å². The molecule has 1 aromatic rings. The Morgan fingerprint density at radius 1 is 1.29 bits per heavy atom. The zero-order valence-electron chi connectivity index (χ0n) is 11.1. The van der Waals surface area contributed by atoms with Gasteiger partial charge in [-0.2, -0.15) is 13.2 Å². The number of carbonyl (C=O) groups is 2. The molecule has 1 aliphatic rings. The SMILES string of the molecule is O=C(COc1ccc(C(F)(F)F)cc1)N[C@H]1CCCC1=O. The van der Waals surface area contributed by atoms with Crippen LogP contribution in [0.5, 0.6) is 5.75 Å². The number of Topliss-reactive ketones (excluding diaryl/α,β-unsaturated/α-hetero) is 1. The molecule has 4 nitrogen and oxygen atoms in total. The first-order valence-corrected chi connectivity index (χ1v) is 6.48. The molecule has 2 rings (SSSR count). The van der Waals surface area contributed by atoms with Crippen molar-refractivity contribution in [2.75, 3.05) is 6.61 Å². The quantitative estimate of drug-likeness (QED) is 0.928. The number of ketones is 1. The van der Waals surface area contributed by atoms with Gasteiger partial charge in [-0.3, -0.25) is 9.59 Å². The number of alkyl halides is 3. The van der Waals surface area contributed by atoms with E-state index in [4.69, 9.17) is 4.74 Å². The molecule has 7 heteroatoms. The van der Waals surface area contributed by atoms with Gasteiger partial charge in [0.1, 0.15) is 5.75 Å². The second kappa shape index (κ2) is 6.15. The van der Waals surface area contributed by atoms with Crippen molar-refractivity contribution in [1.29, 1.82) is 0 Å². The molecule has 1 aromatic carbocycles. The largest absolute Gasteiger partial charge is 0.484 e. The third-order valence-corrected chi connectivity index (χ3v) is 3.19. The van der Waals surface area contributed by atoms with Gasteiger partial charge in [0.2, 0.25) is 0 Å². The van der Waals surface area contributed by atoms with E-state index in [1.807, 2.05) is 0 Å². The number of nitrogens with one attached hydrogen (secondary N) is 1. The highest BCUT2D eigenvalue weighted by molar-refractivity contribution is 5.90. The summed E-state index contributed by atoms with van der Waals surface area (Å²) in [4.78, 5) is 22.9. The lowest BCUT2D eigenvalue weighted by atomic mass is 10.2. The summed E-state index contributed by atoms with van der Waals surface area (Å²) in [5.41, 5.74) is -0.782. The summed E-state index contributed by atoms with van der Waals surface area (Å²) >= 11 is 0. The summed E-state index contributed by atoms with van der Waals surface area (Å²) < 4.78 is 42.2. The monoisotopic (exact) mass is 301 g/mol. The number of benzene rings is 1. The molecule has 1 amide bonds. The van der Waals surface area contributed by atoms with Gasteiger partial charge in [0.05, 0.1) is 11.6 Å². The number of hydrogen-bond acceptors (Lipinski definition) is 3. The maximum Gasteiger partial charge on any atom is 0.416 e. The summed E-state index contributed by atoms with van der Waals surface area (Å²) in [6, 6.07) is 3.60. The minimum absolute atomic E-state index is 0.00196. The van der Waals surface area contributed by atoms with Crippen LogP contribution < -0.4 is 10.1 Å². The summed E-state index contributed by atoms with van der Waals surface area (Å²) in [6.45, 7) is -0.338. The maximum atomic E-state index is 12.4. The molecule has 1 saturated carbocycles. The van der Waals surface area contributed by atoms with E-state index >= 15 is 0 Å². The normalized spacial score (nSPS) is 18.6. The van der Waals surface area contributed by atoms with Crippen molar-refractivity contribution in [3.63, 3.8) is 0 Å². The lowest BCUT2D eigenvalue weighted by molar-refractivity contribution is -0.137. The van der Waals surface area contributed by atoms with Crippen LogP contribution in [0.4, 0.5) is 13.2 Å². The van der Waals surface area contributed by atoms with Gasteiger partial charge < -0.3 is 10.1 Å². The Balaban J connectivity index is 1.82. The average molecular weight is 301 g/mol. The lowest BCUT2D eigenvalue weighted by Gasteiger charge is -2.12. The number of amides is 1. The first-order chi connectivity index (χ1) is 9.86. The standard InChI is InChI=1S/C14H14F3NO3/c15-14(16,17)9-4-6-10(7-5-9)21-8-13(20)18-11-2-1-3-12(11)19/h4-7,11H,1-3,8H2,(H,18,20)/t11-/m0/s1. The van der Waals surface area contributed by atoms with Gasteiger partial charge >= 0.3 is 6.18 Å². The van der Waals surface area contributed by atoms with E-state index < -0.39 is 23.7 Å². The molecule has 0 radical (unpaired) electrons. The van der Waals surface area contributed by atoms with E-state index in [1.165, 1.54) is 0 Å². The molecular formula is C14H14F3NO3. The Bertz CT molecular complexity index is 525. The van der Waals surface area contributed by atoms with E-state index in [0.717, 1.165) is 30.7 Å². The van der Waals surface area contributed by atoms with Gasteiger partial charge in [-0.1, -0.05) is 0 Å². The second-order valence-electron chi connectivity index (χ2n) is 4.79. The molecule has 0 saturated heterocycles. The Labute approximate surface area is 119 Å². The maximum absolute atomic E-state index is 12.4. The molecule has 114 valence electrons. The predicted octanol–water partition coefficient (Wildman–Crippen LogP) is 2.32. The number of ether oxygens (including phenoxy) is 1. The fourth-order valence-electron chi connectivity index (χ4n) is 2.09. The summed E-state index contributed by atoms with van der Waals surface area (Å²) in [5.74, 6) is -0.302. The number of rotatable bonds is 4. The Morgan fingerprint density at radius 2 is 1.95 bits per heavy atom. The second-order valence-corrected chi connectivity index (χ2v) is 4.79. The van der Waals surface area contributed by atoms with Gasteiger partial charge in [-0.05, 0) is 37.1 Å². The summed E-state index contributed by atoms with van der Waals surface area (Å²) in [5, 5.41) is 2.54. The third-order valence-electron chi connectivity index (χ3n) is 3.19. The molecule has 1 aliphatic carbocycles. The van der Waals surface area contributed by atoms with Gasteiger partial charge in [-0.25, -0.2) is 0 Å². The Hall–Kier alpha value is -2.05. The highest BCUT2D eigenvalue weighted by atomic mass is 19.4. The number of carbonyl (C=O) groups excluding carboxylic acids is 2. The molecule has 0 bridgehead atoms. The highest BCUT2D eigenvalue weighted by Crippen LogP contribution is 2.30. The molecule has 0 aromatic heterocycles. The van der Waals surface area contributed by atoms with Crippen LogP contribution in [0, 0.1) is 0 Å². The zero-order chi connectivity index (χ0) is 15.5. The van der Waals surface area contributed by atoms with Crippen LogP contribution in [0.25, 0.3) is 0 Å². The van der Waals surface area contributed by atoms with Crippen molar-refractivity contribution >= 4 is 11.7 Å². The molecule has 0 spiro atoms. The molecular weight excluding hydrogens is 287 g/mol. The minimum Gasteiger partial charge on any atom is -0.484 e.